The minimum atomic E-state index is -0.0634. The molecule has 1 aliphatic rings. The van der Waals surface area contributed by atoms with Crippen LogP contribution < -0.4 is 10.5 Å². The summed E-state index contributed by atoms with van der Waals surface area (Å²) in [7, 11) is 1.58. The van der Waals surface area contributed by atoms with Crippen LogP contribution in [0.5, 0.6) is 5.75 Å². The third kappa shape index (κ3) is 2.64. The topological polar surface area (TPSA) is 52.3 Å². The molecule has 3 nitrogen and oxygen atoms in total. The van der Waals surface area contributed by atoms with Crippen molar-refractivity contribution in [2.75, 3.05) is 12.8 Å². The molecule has 0 atom stereocenters. The van der Waals surface area contributed by atoms with E-state index in [1.54, 1.807) is 25.3 Å². The number of rotatable bonds is 4. The third-order valence-corrected chi connectivity index (χ3v) is 4.25. The smallest absolute Gasteiger partial charge is 0.195 e. The summed E-state index contributed by atoms with van der Waals surface area (Å²) in [4.78, 5) is 12.6. The largest absolute Gasteiger partial charge is 0.497 e. The van der Waals surface area contributed by atoms with Crippen molar-refractivity contribution >= 4 is 11.5 Å². The molecule has 2 aromatic carbocycles. The number of methoxy groups -OCH3 is 1. The quantitative estimate of drug-likeness (QED) is 0.685. The average Bonchev–Trinajstić information content (AvgIpc) is 2.46. The van der Waals surface area contributed by atoms with E-state index in [1.165, 1.54) is 24.8 Å². The van der Waals surface area contributed by atoms with Crippen molar-refractivity contribution in [3.63, 3.8) is 0 Å². The van der Waals surface area contributed by atoms with Gasteiger partial charge in [0.1, 0.15) is 5.75 Å². The molecule has 0 aliphatic heterocycles. The Morgan fingerprint density at radius 1 is 1.14 bits per heavy atom. The van der Waals surface area contributed by atoms with Gasteiger partial charge in [0.25, 0.3) is 0 Å². The summed E-state index contributed by atoms with van der Waals surface area (Å²) in [5.74, 6) is 1.25. The Balaban J connectivity index is 1.87. The number of nitrogen functional groups attached to an aromatic ring is 1. The van der Waals surface area contributed by atoms with E-state index in [2.05, 4.69) is 12.1 Å². The molecule has 0 amide bonds. The number of hydrogen-bond acceptors (Lipinski definition) is 3. The minimum absolute atomic E-state index is 0.0634. The molecule has 1 saturated carbocycles. The van der Waals surface area contributed by atoms with Gasteiger partial charge in [-0.1, -0.05) is 30.7 Å². The Morgan fingerprint density at radius 3 is 2.43 bits per heavy atom. The van der Waals surface area contributed by atoms with Crippen molar-refractivity contribution in [2.24, 2.45) is 0 Å². The van der Waals surface area contributed by atoms with Crippen molar-refractivity contribution in [1.82, 2.24) is 0 Å². The summed E-state index contributed by atoms with van der Waals surface area (Å²) >= 11 is 0. The molecule has 0 aromatic heterocycles. The molecule has 3 heteroatoms. The zero-order valence-corrected chi connectivity index (χ0v) is 12.1. The second kappa shape index (κ2) is 5.60. The first kappa shape index (κ1) is 13.7. The number of nitrogens with two attached hydrogens (primary N) is 1. The van der Waals surface area contributed by atoms with Gasteiger partial charge in [0, 0.05) is 16.8 Å². The first-order valence-corrected chi connectivity index (χ1v) is 7.27. The summed E-state index contributed by atoms with van der Waals surface area (Å²) < 4.78 is 5.16. The minimum Gasteiger partial charge on any atom is -0.497 e. The van der Waals surface area contributed by atoms with Gasteiger partial charge in [0.15, 0.2) is 5.78 Å². The van der Waals surface area contributed by atoms with Gasteiger partial charge < -0.3 is 10.5 Å². The van der Waals surface area contributed by atoms with Crippen LogP contribution in [0.25, 0.3) is 0 Å². The number of carbonyl (C=O) groups excluding carboxylic acids is 1. The number of carbonyl (C=O) groups is 1. The second-order valence-electron chi connectivity index (χ2n) is 5.53. The fraction of sp³-hybridized carbons (Fsp3) is 0.278. The predicted molar refractivity (Wildman–Crippen MR) is 83.9 cm³/mol. The molecule has 0 spiro atoms. The van der Waals surface area contributed by atoms with Crippen molar-refractivity contribution in [1.29, 1.82) is 0 Å². The molecular weight excluding hydrogens is 262 g/mol. The zero-order valence-electron chi connectivity index (χ0n) is 12.1. The first-order chi connectivity index (χ1) is 10.2. The van der Waals surface area contributed by atoms with Crippen LogP contribution in [0.2, 0.25) is 0 Å². The summed E-state index contributed by atoms with van der Waals surface area (Å²) in [6.45, 7) is 0. The van der Waals surface area contributed by atoms with Gasteiger partial charge in [-0.15, -0.1) is 0 Å². The van der Waals surface area contributed by atoms with Crippen LogP contribution in [0.15, 0.2) is 42.5 Å². The van der Waals surface area contributed by atoms with Gasteiger partial charge in [-0.3, -0.25) is 4.79 Å². The van der Waals surface area contributed by atoms with Crippen LogP contribution in [0, 0.1) is 0 Å². The van der Waals surface area contributed by atoms with Gasteiger partial charge in [0.05, 0.1) is 7.11 Å². The van der Waals surface area contributed by atoms with Crippen LogP contribution >= 0.6 is 0 Å². The standard InChI is InChI=1S/C18H19NO2/c1-21-15-9-10-17(19)16(11-15)18(20)14-7-5-13(6-8-14)12-3-2-4-12/h5-12H,2-4,19H2,1H3. The third-order valence-electron chi connectivity index (χ3n) is 4.25. The maximum Gasteiger partial charge on any atom is 0.195 e. The van der Waals surface area contributed by atoms with Crippen molar-refractivity contribution in [3.05, 3.63) is 59.2 Å². The van der Waals surface area contributed by atoms with Gasteiger partial charge >= 0.3 is 0 Å². The van der Waals surface area contributed by atoms with Gasteiger partial charge in [-0.05, 0) is 42.5 Å². The Kier molecular flexibility index (Phi) is 3.65. The molecule has 0 heterocycles. The van der Waals surface area contributed by atoms with E-state index in [4.69, 9.17) is 10.5 Å². The number of benzene rings is 2. The lowest BCUT2D eigenvalue weighted by Crippen LogP contribution is -2.10. The second-order valence-corrected chi connectivity index (χ2v) is 5.53. The summed E-state index contributed by atoms with van der Waals surface area (Å²) in [5.41, 5.74) is 8.88. The van der Waals surface area contributed by atoms with Gasteiger partial charge in [0.2, 0.25) is 0 Å². The molecular formula is C18H19NO2. The van der Waals surface area contributed by atoms with E-state index in [1.807, 2.05) is 12.1 Å². The fourth-order valence-corrected chi connectivity index (χ4v) is 2.66. The maximum absolute atomic E-state index is 12.6. The van der Waals surface area contributed by atoms with Crippen LogP contribution in [-0.2, 0) is 0 Å². The molecule has 1 aliphatic carbocycles. The normalized spacial score (nSPS) is 14.5. The van der Waals surface area contributed by atoms with E-state index in [0.717, 1.165) is 0 Å². The van der Waals surface area contributed by atoms with Crippen LogP contribution in [0.4, 0.5) is 5.69 Å². The number of hydrogen-bond donors (Lipinski definition) is 1. The monoisotopic (exact) mass is 281 g/mol. The lowest BCUT2D eigenvalue weighted by molar-refractivity contribution is 0.103. The van der Waals surface area contributed by atoms with Crippen LogP contribution in [0.3, 0.4) is 0 Å². The average molecular weight is 281 g/mol. The van der Waals surface area contributed by atoms with E-state index in [-0.39, 0.29) is 5.78 Å². The summed E-state index contributed by atoms with van der Waals surface area (Å²) in [5, 5.41) is 0. The van der Waals surface area contributed by atoms with E-state index < -0.39 is 0 Å². The van der Waals surface area contributed by atoms with Crippen LogP contribution in [0.1, 0.15) is 46.7 Å². The van der Waals surface area contributed by atoms with E-state index in [9.17, 15) is 4.79 Å². The molecule has 108 valence electrons. The SMILES string of the molecule is COc1ccc(N)c(C(=O)c2ccc(C3CCC3)cc2)c1. The predicted octanol–water partition coefficient (Wildman–Crippen LogP) is 3.78. The van der Waals surface area contributed by atoms with Crippen LogP contribution in [-0.4, -0.2) is 12.9 Å². The number of anilines is 1. The highest BCUT2D eigenvalue weighted by Crippen LogP contribution is 2.36. The fourth-order valence-electron chi connectivity index (χ4n) is 2.66. The highest BCUT2D eigenvalue weighted by atomic mass is 16.5. The van der Waals surface area contributed by atoms with Gasteiger partial charge in [-0.2, -0.15) is 0 Å². The Bertz CT molecular complexity index is 657. The van der Waals surface area contributed by atoms with Gasteiger partial charge in [-0.25, -0.2) is 0 Å². The lowest BCUT2D eigenvalue weighted by atomic mass is 9.80. The summed E-state index contributed by atoms with van der Waals surface area (Å²) in [6.07, 6.45) is 3.83. The number of ether oxygens (including phenoxy) is 1. The van der Waals surface area contributed by atoms with E-state index >= 15 is 0 Å². The highest BCUT2D eigenvalue weighted by Gasteiger charge is 2.20. The molecule has 0 unspecified atom stereocenters. The van der Waals surface area contributed by atoms with Crippen molar-refractivity contribution in [2.45, 2.75) is 25.2 Å². The summed E-state index contributed by atoms with van der Waals surface area (Å²) in [6, 6.07) is 13.1. The highest BCUT2D eigenvalue weighted by molar-refractivity contribution is 6.12. The maximum atomic E-state index is 12.6. The Labute approximate surface area is 124 Å². The molecule has 21 heavy (non-hydrogen) atoms. The molecule has 0 radical (unpaired) electrons. The first-order valence-electron chi connectivity index (χ1n) is 7.27. The molecule has 0 saturated heterocycles. The molecule has 1 fully saturated rings. The molecule has 2 aromatic rings. The number of ketones is 1. The zero-order chi connectivity index (χ0) is 14.8. The van der Waals surface area contributed by atoms with Crippen molar-refractivity contribution < 1.29 is 9.53 Å². The molecule has 2 N–H and O–H groups in total. The van der Waals surface area contributed by atoms with E-state index in [0.29, 0.717) is 28.5 Å². The Hall–Kier alpha value is -2.29. The lowest BCUT2D eigenvalue weighted by Gasteiger charge is -2.25. The Morgan fingerprint density at radius 2 is 1.86 bits per heavy atom. The van der Waals surface area contributed by atoms with Crippen molar-refractivity contribution in [3.8, 4) is 5.75 Å². The molecule has 3 rings (SSSR count). The molecule has 0 bridgehead atoms.